The number of imide groups is 1. The van der Waals surface area contributed by atoms with Crippen molar-refractivity contribution in [3.8, 4) is 0 Å². The van der Waals surface area contributed by atoms with E-state index in [1.807, 2.05) is 0 Å². The van der Waals surface area contributed by atoms with Crippen molar-refractivity contribution in [2.24, 2.45) is 11.3 Å². The highest BCUT2D eigenvalue weighted by Gasteiger charge is 2.53. The minimum atomic E-state index is -0.840. The van der Waals surface area contributed by atoms with Crippen LogP contribution < -0.4 is 10.6 Å². The second-order valence-corrected chi connectivity index (χ2v) is 9.21. The lowest BCUT2D eigenvalue weighted by atomic mass is 9.65. The topological polar surface area (TPSA) is 117 Å². The highest BCUT2D eigenvalue weighted by Crippen LogP contribution is 2.45. The molecule has 0 atom stereocenters. The van der Waals surface area contributed by atoms with Gasteiger partial charge in [-0.2, -0.15) is 4.98 Å². The van der Waals surface area contributed by atoms with E-state index in [-0.39, 0.29) is 23.8 Å². The largest absolute Gasteiger partial charge is 0.355 e. The van der Waals surface area contributed by atoms with Gasteiger partial charge >= 0.3 is 6.03 Å². The van der Waals surface area contributed by atoms with Gasteiger partial charge in [-0.1, -0.05) is 32.3 Å². The number of aryl methyl sites for hydroxylation is 2. The normalized spacial score (nSPS) is 24.4. The first kappa shape index (κ1) is 22.2. The van der Waals surface area contributed by atoms with Crippen LogP contribution in [-0.4, -0.2) is 51.5 Å². The van der Waals surface area contributed by atoms with Crippen molar-refractivity contribution in [2.45, 2.75) is 78.2 Å². The van der Waals surface area contributed by atoms with Crippen molar-refractivity contribution >= 4 is 17.8 Å². The van der Waals surface area contributed by atoms with E-state index >= 15 is 0 Å². The monoisotopic (exact) mass is 419 g/mol. The average molecular weight is 420 g/mol. The van der Waals surface area contributed by atoms with Crippen LogP contribution in [0.25, 0.3) is 0 Å². The van der Waals surface area contributed by atoms with Crippen molar-refractivity contribution < 1.29 is 18.9 Å². The van der Waals surface area contributed by atoms with Gasteiger partial charge in [0.15, 0.2) is 5.82 Å². The first-order chi connectivity index (χ1) is 14.2. The van der Waals surface area contributed by atoms with Crippen molar-refractivity contribution in [1.82, 2.24) is 25.7 Å². The van der Waals surface area contributed by atoms with Crippen LogP contribution in [0.2, 0.25) is 0 Å². The van der Waals surface area contributed by atoms with Gasteiger partial charge in [-0.05, 0) is 50.4 Å². The second kappa shape index (κ2) is 8.73. The molecule has 2 aliphatic rings. The van der Waals surface area contributed by atoms with E-state index < -0.39 is 11.6 Å². The standard InChI is InChI=1S/C21H33N5O4/c1-5-20(3,4)15-8-10-21(11-9-15)18(28)26(19(29)24-21)13-16(27)22-12-6-7-17-23-14(2)25-30-17/h15H,5-13H2,1-4H3,(H,22,27)(H,24,29). The maximum absolute atomic E-state index is 13.0. The summed E-state index contributed by atoms with van der Waals surface area (Å²) in [5.41, 5.74) is -0.611. The zero-order chi connectivity index (χ0) is 21.9. The van der Waals surface area contributed by atoms with Crippen LogP contribution in [0.4, 0.5) is 4.79 Å². The molecular formula is C21H33N5O4. The summed E-state index contributed by atoms with van der Waals surface area (Å²) in [6, 6.07) is -0.468. The highest BCUT2D eigenvalue weighted by atomic mass is 16.5. The van der Waals surface area contributed by atoms with Crippen LogP contribution in [0.3, 0.4) is 0 Å². The van der Waals surface area contributed by atoms with Gasteiger partial charge in [-0.15, -0.1) is 0 Å². The third-order valence-electron chi connectivity index (χ3n) is 6.86. The Morgan fingerprint density at radius 2 is 2.03 bits per heavy atom. The maximum Gasteiger partial charge on any atom is 0.325 e. The molecule has 4 amide bonds. The number of hydrogen-bond donors (Lipinski definition) is 2. The molecule has 0 bridgehead atoms. The molecule has 30 heavy (non-hydrogen) atoms. The summed E-state index contributed by atoms with van der Waals surface area (Å²) in [4.78, 5) is 42.9. The van der Waals surface area contributed by atoms with E-state index in [0.717, 1.165) is 24.2 Å². The van der Waals surface area contributed by atoms with Gasteiger partial charge in [0.05, 0.1) is 0 Å². The number of carbonyl (C=O) groups excluding carboxylic acids is 3. The number of amides is 4. The molecule has 3 rings (SSSR count). The molecule has 0 radical (unpaired) electrons. The molecule has 2 heterocycles. The lowest BCUT2D eigenvalue weighted by Gasteiger charge is -2.42. The summed E-state index contributed by atoms with van der Waals surface area (Å²) in [5.74, 6) is 1.03. The lowest BCUT2D eigenvalue weighted by molar-refractivity contribution is -0.136. The zero-order valence-corrected chi connectivity index (χ0v) is 18.4. The molecule has 1 aromatic heterocycles. The SMILES string of the molecule is CCC(C)(C)C1CCC2(CC1)NC(=O)N(CC(=O)NCCCc1nc(C)no1)C2=O. The molecule has 1 aliphatic heterocycles. The minimum absolute atomic E-state index is 0.229. The summed E-state index contributed by atoms with van der Waals surface area (Å²) in [6.07, 6.45) is 5.35. The van der Waals surface area contributed by atoms with Crippen molar-refractivity contribution in [3.05, 3.63) is 11.7 Å². The molecule has 1 aliphatic carbocycles. The first-order valence-electron chi connectivity index (χ1n) is 10.9. The Bertz CT molecular complexity index is 795. The molecule has 9 nitrogen and oxygen atoms in total. The van der Waals surface area contributed by atoms with Crippen LogP contribution in [0.1, 0.15) is 71.0 Å². The third-order valence-corrected chi connectivity index (χ3v) is 6.86. The molecule has 9 heteroatoms. The Labute approximate surface area is 177 Å². The number of hydrogen-bond acceptors (Lipinski definition) is 6. The van der Waals surface area contributed by atoms with E-state index in [2.05, 4.69) is 41.5 Å². The fraction of sp³-hybridized carbons (Fsp3) is 0.762. The van der Waals surface area contributed by atoms with Gasteiger partial charge in [0.25, 0.3) is 5.91 Å². The van der Waals surface area contributed by atoms with Gasteiger partial charge < -0.3 is 15.2 Å². The molecular weight excluding hydrogens is 386 g/mol. The molecule has 0 aromatic carbocycles. The molecule has 0 unspecified atom stereocenters. The van der Waals surface area contributed by atoms with Crippen molar-refractivity contribution in [1.29, 1.82) is 0 Å². The van der Waals surface area contributed by atoms with Crippen molar-refractivity contribution in [2.75, 3.05) is 13.1 Å². The summed E-state index contributed by atoms with van der Waals surface area (Å²) < 4.78 is 5.03. The van der Waals surface area contributed by atoms with E-state index in [1.54, 1.807) is 6.92 Å². The van der Waals surface area contributed by atoms with Crippen LogP contribution in [0, 0.1) is 18.3 Å². The van der Waals surface area contributed by atoms with Gasteiger partial charge in [0, 0.05) is 13.0 Å². The van der Waals surface area contributed by atoms with E-state index in [1.165, 1.54) is 0 Å². The van der Waals surface area contributed by atoms with Crippen LogP contribution in [-0.2, 0) is 16.0 Å². The number of rotatable bonds is 8. The summed E-state index contributed by atoms with van der Waals surface area (Å²) in [6.45, 7) is 8.62. The summed E-state index contributed by atoms with van der Waals surface area (Å²) >= 11 is 0. The third kappa shape index (κ3) is 4.65. The van der Waals surface area contributed by atoms with Crippen LogP contribution >= 0.6 is 0 Å². The minimum Gasteiger partial charge on any atom is -0.355 e. The summed E-state index contributed by atoms with van der Waals surface area (Å²) in [5, 5.41) is 9.35. The molecule has 1 saturated heterocycles. The Balaban J connectivity index is 1.47. The van der Waals surface area contributed by atoms with Gasteiger partial charge in [0.2, 0.25) is 11.8 Å². The first-order valence-corrected chi connectivity index (χ1v) is 10.9. The van der Waals surface area contributed by atoms with E-state index in [0.29, 0.717) is 49.9 Å². The smallest absolute Gasteiger partial charge is 0.325 e. The van der Waals surface area contributed by atoms with Gasteiger partial charge in [-0.3, -0.25) is 14.5 Å². The Morgan fingerprint density at radius 3 is 2.63 bits per heavy atom. The van der Waals surface area contributed by atoms with Crippen LogP contribution in [0.15, 0.2) is 4.52 Å². The molecule has 166 valence electrons. The van der Waals surface area contributed by atoms with Crippen LogP contribution in [0.5, 0.6) is 0 Å². The predicted molar refractivity (Wildman–Crippen MR) is 109 cm³/mol. The van der Waals surface area contributed by atoms with Gasteiger partial charge in [-0.25, -0.2) is 4.79 Å². The Morgan fingerprint density at radius 1 is 1.33 bits per heavy atom. The molecule has 1 spiro atoms. The maximum atomic E-state index is 13.0. The van der Waals surface area contributed by atoms with E-state index in [4.69, 9.17) is 4.52 Å². The number of carbonyl (C=O) groups is 3. The highest BCUT2D eigenvalue weighted by molar-refractivity contribution is 6.09. The predicted octanol–water partition coefficient (Wildman–Crippen LogP) is 2.34. The summed E-state index contributed by atoms with van der Waals surface area (Å²) in [7, 11) is 0. The number of nitrogens with zero attached hydrogens (tertiary/aromatic N) is 3. The van der Waals surface area contributed by atoms with E-state index in [9.17, 15) is 14.4 Å². The fourth-order valence-electron chi connectivity index (χ4n) is 4.45. The molecule has 2 N–H and O–H groups in total. The molecule has 1 saturated carbocycles. The quantitative estimate of drug-likeness (QED) is 0.493. The second-order valence-electron chi connectivity index (χ2n) is 9.21. The fourth-order valence-corrected chi connectivity index (χ4v) is 4.45. The molecule has 2 fully saturated rings. The average Bonchev–Trinajstić information content (AvgIpc) is 3.22. The lowest BCUT2D eigenvalue weighted by Crippen LogP contribution is -2.51. The molecule has 1 aromatic rings. The van der Waals surface area contributed by atoms with Gasteiger partial charge in [0.1, 0.15) is 12.1 Å². The zero-order valence-electron chi connectivity index (χ0n) is 18.4. The van der Waals surface area contributed by atoms with Crippen molar-refractivity contribution in [3.63, 3.8) is 0 Å². The number of urea groups is 1. The Kier molecular flexibility index (Phi) is 6.47. The number of aromatic nitrogens is 2. The number of nitrogens with one attached hydrogen (secondary N) is 2. The Hall–Kier alpha value is -2.45.